The minimum atomic E-state index is -4.15. The number of carboxylic acids is 1. The number of rotatable bonds is 6. The molecule has 19 heavy (non-hydrogen) atoms. The van der Waals surface area contributed by atoms with Gasteiger partial charge in [-0.2, -0.15) is 12.7 Å². The van der Waals surface area contributed by atoms with Crippen molar-refractivity contribution in [3.05, 3.63) is 0 Å². The van der Waals surface area contributed by atoms with Gasteiger partial charge in [-0.25, -0.2) is 9.52 Å². The molecule has 0 radical (unpaired) electrons. The lowest BCUT2D eigenvalue weighted by atomic mass is 10.1. The van der Waals surface area contributed by atoms with E-state index in [0.29, 0.717) is 0 Å². The van der Waals surface area contributed by atoms with Crippen LogP contribution in [-0.4, -0.2) is 48.6 Å². The molecule has 0 aliphatic rings. The minimum absolute atomic E-state index is 0.0337. The summed E-state index contributed by atoms with van der Waals surface area (Å²) in [4.78, 5) is 21.7. The van der Waals surface area contributed by atoms with Crippen LogP contribution in [0.1, 0.15) is 34.1 Å². The number of hydrogen-bond acceptors (Lipinski definition) is 5. The van der Waals surface area contributed by atoms with E-state index >= 15 is 0 Å². The topological polar surface area (TPSA) is 113 Å². The Balaban J connectivity index is 5.03. The summed E-state index contributed by atoms with van der Waals surface area (Å²) in [7, 11) is -4.15. The molecule has 0 saturated carbocycles. The smallest absolute Gasteiger partial charge is 0.421 e. The molecule has 0 aromatic rings. The van der Waals surface area contributed by atoms with Crippen LogP contribution in [0.25, 0.3) is 0 Å². The van der Waals surface area contributed by atoms with Crippen molar-refractivity contribution in [2.24, 2.45) is 0 Å². The fourth-order valence-electron chi connectivity index (χ4n) is 1.33. The van der Waals surface area contributed by atoms with Gasteiger partial charge in [-0.15, -0.1) is 0 Å². The Morgan fingerprint density at radius 1 is 1.32 bits per heavy atom. The largest absolute Gasteiger partial charge is 0.481 e. The number of nitrogens with zero attached hydrogens (tertiary/aromatic N) is 1. The number of ether oxygens (including phenoxy) is 1. The normalized spacial score (nSPS) is 12.3. The van der Waals surface area contributed by atoms with E-state index in [0.717, 1.165) is 4.31 Å². The van der Waals surface area contributed by atoms with E-state index in [4.69, 9.17) is 5.11 Å². The fraction of sp³-hybridized carbons (Fsp3) is 0.800. The second-order valence-corrected chi connectivity index (χ2v) is 6.31. The number of carboxylic acid groups (broad SMARTS) is 1. The second-order valence-electron chi connectivity index (χ2n) is 4.71. The molecule has 0 spiro atoms. The van der Waals surface area contributed by atoms with Crippen molar-refractivity contribution in [3.8, 4) is 0 Å². The first kappa shape index (κ1) is 17.6. The van der Waals surface area contributed by atoms with Crippen LogP contribution < -0.4 is 4.72 Å². The highest BCUT2D eigenvalue weighted by atomic mass is 32.2. The van der Waals surface area contributed by atoms with E-state index < -0.39 is 27.8 Å². The third-order valence-corrected chi connectivity index (χ3v) is 3.79. The fourth-order valence-corrected chi connectivity index (χ4v) is 2.77. The molecule has 2 N–H and O–H groups in total. The lowest BCUT2D eigenvalue weighted by Crippen LogP contribution is -2.52. The van der Waals surface area contributed by atoms with E-state index in [1.54, 1.807) is 25.5 Å². The molecule has 0 unspecified atom stereocenters. The van der Waals surface area contributed by atoms with E-state index in [9.17, 15) is 18.0 Å². The van der Waals surface area contributed by atoms with Crippen LogP contribution in [0.2, 0.25) is 0 Å². The molecule has 8 nitrogen and oxygen atoms in total. The predicted octanol–water partition coefficient (Wildman–Crippen LogP) is 0.552. The van der Waals surface area contributed by atoms with Crippen LogP contribution >= 0.6 is 0 Å². The summed E-state index contributed by atoms with van der Waals surface area (Å²) in [6, 6.07) is 0. The number of carbonyl (C=O) groups is 2. The number of nitrogens with one attached hydrogen (secondary N) is 1. The Labute approximate surface area is 112 Å². The van der Waals surface area contributed by atoms with Crippen molar-refractivity contribution in [2.45, 2.75) is 39.7 Å². The SMILES string of the molecule is CCOC(=O)NS(=O)(=O)N(CCC(=O)O)C(C)(C)C. The number of amides is 1. The Morgan fingerprint density at radius 3 is 2.21 bits per heavy atom. The van der Waals surface area contributed by atoms with Crippen molar-refractivity contribution in [2.75, 3.05) is 13.2 Å². The van der Waals surface area contributed by atoms with Gasteiger partial charge in [0, 0.05) is 12.1 Å². The molecule has 0 bridgehead atoms. The quantitative estimate of drug-likeness (QED) is 0.740. The van der Waals surface area contributed by atoms with Gasteiger partial charge in [-0.05, 0) is 27.7 Å². The average Bonchev–Trinajstić information content (AvgIpc) is 2.13. The zero-order valence-corrected chi connectivity index (χ0v) is 12.3. The van der Waals surface area contributed by atoms with Crippen molar-refractivity contribution in [1.29, 1.82) is 0 Å². The first-order valence-electron chi connectivity index (χ1n) is 5.70. The number of hydrogen-bond donors (Lipinski definition) is 2. The Kier molecular flexibility index (Phi) is 6.23. The van der Waals surface area contributed by atoms with Gasteiger partial charge in [0.25, 0.3) is 0 Å². The minimum Gasteiger partial charge on any atom is -0.481 e. The van der Waals surface area contributed by atoms with Gasteiger partial charge in [0.2, 0.25) is 0 Å². The van der Waals surface area contributed by atoms with Crippen LogP contribution in [0.4, 0.5) is 4.79 Å². The van der Waals surface area contributed by atoms with Crippen LogP contribution in [0.3, 0.4) is 0 Å². The van der Waals surface area contributed by atoms with Crippen LogP contribution in [0.5, 0.6) is 0 Å². The molecule has 0 fully saturated rings. The number of aliphatic carboxylic acids is 1. The Morgan fingerprint density at radius 2 is 1.84 bits per heavy atom. The summed E-state index contributed by atoms with van der Waals surface area (Å²) in [6.07, 6.45) is -1.45. The summed E-state index contributed by atoms with van der Waals surface area (Å²) in [5, 5.41) is 8.63. The van der Waals surface area contributed by atoms with Gasteiger partial charge < -0.3 is 9.84 Å². The van der Waals surface area contributed by atoms with Crippen LogP contribution in [-0.2, 0) is 19.7 Å². The summed E-state index contributed by atoms with van der Waals surface area (Å²) in [5.41, 5.74) is -0.867. The average molecular weight is 296 g/mol. The standard InChI is InChI=1S/C10H20N2O6S/c1-5-18-9(15)11-19(16,17)12(10(2,3)4)7-6-8(13)14/h5-7H2,1-4H3,(H,11,15)(H,13,14). The zero-order valence-electron chi connectivity index (χ0n) is 11.5. The first-order chi connectivity index (χ1) is 8.50. The molecular weight excluding hydrogens is 276 g/mol. The molecule has 0 heterocycles. The van der Waals surface area contributed by atoms with Gasteiger partial charge in [0.05, 0.1) is 13.0 Å². The molecule has 1 amide bonds. The second kappa shape index (κ2) is 6.71. The molecule has 0 aromatic carbocycles. The lowest BCUT2D eigenvalue weighted by molar-refractivity contribution is -0.137. The van der Waals surface area contributed by atoms with Gasteiger partial charge in [-0.1, -0.05) is 0 Å². The molecule has 112 valence electrons. The van der Waals surface area contributed by atoms with E-state index in [1.807, 2.05) is 0 Å². The van der Waals surface area contributed by atoms with Gasteiger partial charge in [0.1, 0.15) is 0 Å². The molecule has 0 rings (SSSR count). The molecule has 0 aromatic heterocycles. The zero-order chi connectivity index (χ0) is 15.3. The van der Waals surface area contributed by atoms with E-state index in [2.05, 4.69) is 4.74 Å². The molecule has 0 aliphatic heterocycles. The molecule has 9 heteroatoms. The Bertz CT molecular complexity index is 426. The third-order valence-electron chi connectivity index (χ3n) is 2.05. The first-order valence-corrected chi connectivity index (χ1v) is 7.14. The predicted molar refractivity (Wildman–Crippen MR) is 67.8 cm³/mol. The molecule has 0 atom stereocenters. The summed E-state index contributed by atoms with van der Waals surface area (Å²) < 4.78 is 31.1. The molecular formula is C10H20N2O6S. The lowest BCUT2D eigenvalue weighted by Gasteiger charge is -2.33. The molecule has 0 aliphatic carbocycles. The Hall–Kier alpha value is -1.35. The summed E-state index contributed by atoms with van der Waals surface area (Å²) in [6.45, 7) is 6.12. The van der Waals surface area contributed by atoms with Crippen molar-refractivity contribution >= 4 is 22.3 Å². The maximum atomic E-state index is 12.0. The van der Waals surface area contributed by atoms with Crippen molar-refractivity contribution < 1.29 is 27.9 Å². The summed E-state index contributed by atoms with van der Waals surface area (Å²) in [5.74, 6) is -1.12. The molecule has 0 saturated heterocycles. The highest BCUT2D eigenvalue weighted by Gasteiger charge is 2.34. The van der Waals surface area contributed by atoms with Crippen LogP contribution in [0.15, 0.2) is 0 Å². The van der Waals surface area contributed by atoms with Gasteiger partial charge >= 0.3 is 22.3 Å². The monoisotopic (exact) mass is 296 g/mol. The third kappa shape index (κ3) is 6.39. The van der Waals surface area contributed by atoms with Gasteiger partial charge in [0.15, 0.2) is 0 Å². The van der Waals surface area contributed by atoms with Crippen molar-refractivity contribution in [1.82, 2.24) is 9.03 Å². The maximum Gasteiger partial charge on any atom is 0.421 e. The van der Waals surface area contributed by atoms with Crippen molar-refractivity contribution in [3.63, 3.8) is 0 Å². The number of carbonyl (C=O) groups excluding carboxylic acids is 1. The highest BCUT2D eigenvalue weighted by molar-refractivity contribution is 7.87. The van der Waals surface area contributed by atoms with Crippen LogP contribution in [0, 0.1) is 0 Å². The summed E-state index contributed by atoms with van der Waals surface area (Å²) >= 11 is 0. The van der Waals surface area contributed by atoms with E-state index in [-0.39, 0.29) is 19.6 Å². The maximum absolute atomic E-state index is 12.0. The van der Waals surface area contributed by atoms with Gasteiger partial charge in [-0.3, -0.25) is 4.79 Å². The highest BCUT2D eigenvalue weighted by Crippen LogP contribution is 2.17. The van der Waals surface area contributed by atoms with E-state index in [1.165, 1.54) is 6.92 Å².